The molecule has 18 heavy (non-hydrogen) atoms. The number of nitrogens with one attached hydrogen (secondary N) is 1. The van der Waals surface area contributed by atoms with E-state index in [1.165, 1.54) is 12.1 Å². The molecule has 0 bridgehead atoms. The number of rotatable bonds is 4. The Morgan fingerprint density at radius 3 is 2.44 bits per heavy atom. The van der Waals surface area contributed by atoms with Crippen LogP contribution in [0.5, 0.6) is 0 Å². The van der Waals surface area contributed by atoms with Crippen LogP contribution in [-0.4, -0.2) is 19.3 Å². The van der Waals surface area contributed by atoms with Gasteiger partial charge in [0.05, 0.1) is 13.5 Å². The molecule has 0 aliphatic rings. The van der Waals surface area contributed by atoms with E-state index in [1.54, 1.807) is 18.2 Å². The molecule has 0 fully saturated rings. The number of carbonyl (C=O) groups excluding carboxylic acids is 1. The van der Waals surface area contributed by atoms with Gasteiger partial charge in [0.1, 0.15) is 5.70 Å². The number of allylic oxidation sites excluding steroid dienone is 1. The van der Waals surface area contributed by atoms with Crippen LogP contribution >= 0.6 is 0 Å². The van der Waals surface area contributed by atoms with Crippen molar-refractivity contribution in [2.75, 3.05) is 12.4 Å². The summed E-state index contributed by atoms with van der Waals surface area (Å²) in [5, 5.41) is 2.23. The molecule has 1 aromatic carbocycles. The number of halogens is 3. The third kappa shape index (κ3) is 4.48. The van der Waals surface area contributed by atoms with E-state index in [4.69, 9.17) is 0 Å². The van der Waals surface area contributed by atoms with Crippen molar-refractivity contribution in [2.24, 2.45) is 0 Å². The lowest BCUT2D eigenvalue weighted by Gasteiger charge is -2.14. The molecule has 0 saturated carbocycles. The molecule has 0 amide bonds. The first-order valence-corrected chi connectivity index (χ1v) is 5.09. The number of anilines is 1. The maximum absolute atomic E-state index is 12.7. The van der Waals surface area contributed by atoms with E-state index in [9.17, 15) is 18.0 Å². The Labute approximate surface area is 102 Å². The van der Waals surface area contributed by atoms with Gasteiger partial charge in [0.2, 0.25) is 0 Å². The monoisotopic (exact) mass is 259 g/mol. The van der Waals surface area contributed by atoms with Crippen LogP contribution in [0.3, 0.4) is 0 Å². The molecule has 0 heterocycles. The summed E-state index contributed by atoms with van der Waals surface area (Å²) in [7, 11) is 1.12. The summed E-state index contributed by atoms with van der Waals surface area (Å²) in [5.41, 5.74) is -0.690. The zero-order chi connectivity index (χ0) is 13.6. The highest BCUT2D eigenvalue weighted by molar-refractivity contribution is 5.71. The van der Waals surface area contributed by atoms with E-state index in [2.05, 4.69) is 10.1 Å². The Morgan fingerprint density at radius 2 is 1.94 bits per heavy atom. The van der Waals surface area contributed by atoms with Crippen LogP contribution in [0.1, 0.15) is 6.42 Å². The van der Waals surface area contributed by atoms with Crippen LogP contribution in [0.25, 0.3) is 0 Å². The van der Waals surface area contributed by atoms with Gasteiger partial charge in [-0.1, -0.05) is 18.2 Å². The Hall–Kier alpha value is -1.98. The van der Waals surface area contributed by atoms with Gasteiger partial charge in [-0.05, 0) is 18.2 Å². The first-order chi connectivity index (χ1) is 8.43. The predicted octanol–water partition coefficient (Wildman–Crippen LogP) is 3.11. The second kappa shape index (κ2) is 6.09. The molecule has 0 saturated heterocycles. The molecular formula is C12H12F3NO2. The van der Waals surface area contributed by atoms with Crippen molar-refractivity contribution in [1.82, 2.24) is 0 Å². The minimum Gasteiger partial charge on any atom is -0.469 e. The normalized spacial score (nSPS) is 12.1. The molecule has 0 aliphatic heterocycles. The number of hydrogen-bond acceptors (Lipinski definition) is 3. The summed E-state index contributed by atoms with van der Waals surface area (Å²) in [6.07, 6.45) is -4.23. The summed E-state index contributed by atoms with van der Waals surface area (Å²) in [5.74, 6) is -0.730. The molecule has 0 radical (unpaired) electrons. The molecule has 0 aliphatic carbocycles. The number of benzene rings is 1. The second-order valence-corrected chi connectivity index (χ2v) is 3.39. The van der Waals surface area contributed by atoms with Gasteiger partial charge in [-0.15, -0.1) is 0 Å². The van der Waals surface area contributed by atoms with Gasteiger partial charge in [-0.3, -0.25) is 4.79 Å². The van der Waals surface area contributed by atoms with Crippen molar-refractivity contribution >= 4 is 11.7 Å². The average Bonchev–Trinajstić information content (AvgIpc) is 2.33. The number of ether oxygens (including phenoxy) is 1. The predicted molar refractivity (Wildman–Crippen MR) is 60.8 cm³/mol. The average molecular weight is 259 g/mol. The third-order valence-corrected chi connectivity index (χ3v) is 2.06. The Balaban J connectivity index is 2.83. The summed E-state index contributed by atoms with van der Waals surface area (Å²) in [6, 6.07) is 7.90. The molecule has 0 aromatic heterocycles. The van der Waals surface area contributed by atoms with Gasteiger partial charge < -0.3 is 10.1 Å². The molecule has 0 unspecified atom stereocenters. The number of para-hydroxylation sites is 1. The molecule has 0 atom stereocenters. The Bertz CT molecular complexity index is 427. The smallest absolute Gasteiger partial charge is 0.430 e. The Kier molecular flexibility index (Phi) is 4.76. The zero-order valence-electron chi connectivity index (χ0n) is 9.62. The Morgan fingerprint density at radius 1 is 1.33 bits per heavy atom. The van der Waals surface area contributed by atoms with Gasteiger partial charge in [-0.2, -0.15) is 13.2 Å². The van der Waals surface area contributed by atoms with Crippen molar-refractivity contribution in [3.8, 4) is 0 Å². The standard InChI is InChI=1S/C12H12F3NO2/c1-18-11(17)8-7-10(12(13,14)15)16-9-5-3-2-4-6-9/h2-7,16H,8H2,1H3. The quantitative estimate of drug-likeness (QED) is 0.844. The van der Waals surface area contributed by atoms with Crippen molar-refractivity contribution in [3.63, 3.8) is 0 Å². The summed E-state index contributed by atoms with van der Waals surface area (Å²) in [6.45, 7) is 0. The van der Waals surface area contributed by atoms with E-state index < -0.39 is 24.3 Å². The fraction of sp³-hybridized carbons (Fsp3) is 0.250. The molecule has 0 spiro atoms. The highest BCUT2D eigenvalue weighted by Crippen LogP contribution is 2.27. The van der Waals surface area contributed by atoms with E-state index >= 15 is 0 Å². The fourth-order valence-electron chi connectivity index (χ4n) is 1.18. The fourth-order valence-corrected chi connectivity index (χ4v) is 1.18. The van der Waals surface area contributed by atoms with Crippen molar-refractivity contribution in [2.45, 2.75) is 12.6 Å². The van der Waals surface area contributed by atoms with Crippen LogP contribution in [0.15, 0.2) is 42.1 Å². The first-order valence-electron chi connectivity index (χ1n) is 5.09. The van der Waals surface area contributed by atoms with Gasteiger partial charge >= 0.3 is 12.1 Å². The van der Waals surface area contributed by atoms with Crippen LogP contribution < -0.4 is 5.32 Å². The van der Waals surface area contributed by atoms with Crippen LogP contribution in [0, 0.1) is 0 Å². The lowest BCUT2D eigenvalue weighted by molar-refractivity contribution is -0.139. The maximum atomic E-state index is 12.7. The number of esters is 1. The number of hydrogen-bond donors (Lipinski definition) is 1. The van der Waals surface area contributed by atoms with Crippen molar-refractivity contribution in [3.05, 3.63) is 42.1 Å². The van der Waals surface area contributed by atoms with E-state index in [0.717, 1.165) is 13.2 Å². The minimum atomic E-state index is -4.55. The van der Waals surface area contributed by atoms with Gasteiger partial charge in [0, 0.05) is 5.69 Å². The minimum absolute atomic E-state index is 0.297. The highest BCUT2D eigenvalue weighted by atomic mass is 19.4. The number of methoxy groups -OCH3 is 1. The summed E-state index contributed by atoms with van der Waals surface area (Å²) >= 11 is 0. The van der Waals surface area contributed by atoms with Gasteiger partial charge in [0.25, 0.3) is 0 Å². The van der Waals surface area contributed by atoms with Crippen LogP contribution in [0.4, 0.5) is 18.9 Å². The molecule has 98 valence electrons. The number of alkyl halides is 3. The molecule has 6 heteroatoms. The molecule has 1 N–H and O–H groups in total. The number of carbonyl (C=O) groups is 1. The van der Waals surface area contributed by atoms with Crippen molar-refractivity contribution in [1.29, 1.82) is 0 Å². The van der Waals surface area contributed by atoms with Crippen LogP contribution in [-0.2, 0) is 9.53 Å². The lowest BCUT2D eigenvalue weighted by atomic mass is 10.2. The summed E-state index contributed by atoms with van der Waals surface area (Å²) < 4.78 is 42.3. The largest absolute Gasteiger partial charge is 0.469 e. The second-order valence-electron chi connectivity index (χ2n) is 3.39. The molecular weight excluding hydrogens is 247 g/mol. The SMILES string of the molecule is COC(=O)CC=C(Nc1ccccc1)C(F)(F)F. The van der Waals surface area contributed by atoms with Crippen LogP contribution in [0.2, 0.25) is 0 Å². The highest BCUT2D eigenvalue weighted by Gasteiger charge is 2.33. The van der Waals surface area contributed by atoms with E-state index in [0.29, 0.717) is 5.69 Å². The van der Waals surface area contributed by atoms with Crippen molar-refractivity contribution < 1.29 is 22.7 Å². The topological polar surface area (TPSA) is 38.3 Å². The lowest BCUT2D eigenvalue weighted by Crippen LogP contribution is -2.19. The molecule has 1 aromatic rings. The van der Waals surface area contributed by atoms with Gasteiger partial charge in [0.15, 0.2) is 0 Å². The zero-order valence-corrected chi connectivity index (χ0v) is 9.62. The molecule has 1 rings (SSSR count). The summed E-state index contributed by atoms with van der Waals surface area (Å²) in [4.78, 5) is 10.8. The molecule has 3 nitrogen and oxygen atoms in total. The van der Waals surface area contributed by atoms with E-state index in [-0.39, 0.29) is 0 Å². The third-order valence-electron chi connectivity index (χ3n) is 2.06. The maximum Gasteiger partial charge on any atom is 0.430 e. The van der Waals surface area contributed by atoms with Gasteiger partial charge in [-0.25, -0.2) is 0 Å². The van der Waals surface area contributed by atoms with E-state index in [1.807, 2.05) is 0 Å². The first kappa shape index (κ1) is 14.1.